The zero-order valence-electron chi connectivity index (χ0n) is 12.0. The standard InChI is InChI=1S/C14H20F2N2O3/c1-9(2)7-11(19)8-17-14(20)18-10-3-5-12(6-4-10)21-13(15)16/h3-6,9,11,13,19H,7-8H2,1-2H3,(H2,17,18,20). The number of aliphatic hydroxyl groups is 1. The maximum Gasteiger partial charge on any atom is 0.387 e. The average molecular weight is 302 g/mol. The molecule has 21 heavy (non-hydrogen) atoms. The monoisotopic (exact) mass is 302 g/mol. The summed E-state index contributed by atoms with van der Waals surface area (Å²) < 4.78 is 28.1. The molecule has 2 amide bonds. The lowest BCUT2D eigenvalue weighted by atomic mass is 10.1. The molecule has 1 unspecified atom stereocenters. The number of carbonyl (C=O) groups excluding carboxylic acids is 1. The van der Waals surface area contributed by atoms with Gasteiger partial charge in [-0.2, -0.15) is 8.78 Å². The molecule has 1 atom stereocenters. The normalized spacial score (nSPS) is 12.3. The van der Waals surface area contributed by atoms with Crippen LogP contribution in [-0.4, -0.2) is 30.4 Å². The van der Waals surface area contributed by atoms with Crippen LogP contribution in [0.25, 0.3) is 0 Å². The summed E-state index contributed by atoms with van der Waals surface area (Å²) in [7, 11) is 0. The molecule has 1 rings (SSSR count). The predicted molar refractivity (Wildman–Crippen MR) is 75.6 cm³/mol. The number of carbonyl (C=O) groups is 1. The maximum atomic E-state index is 12.0. The highest BCUT2D eigenvalue weighted by Gasteiger charge is 2.09. The van der Waals surface area contributed by atoms with Crippen molar-refractivity contribution in [3.05, 3.63) is 24.3 Å². The second-order valence-electron chi connectivity index (χ2n) is 5.02. The molecule has 0 saturated carbocycles. The van der Waals surface area contributed by atoms with Crippen LogP contribution in [0, 0.1) is 5.92 Å². The first-order valence-corrected chi connectivity index (χ1v) is 6.64. The number of ether oxygens (including phenoxy) is 1. The summed E-state index contributed by atoms with van der Waals surface area (Å²) >= 11 is 0. The molecule has 1 aromatic carbocycles. The smallest absolute Gasteiger partial charge is 0.387 e. The molecular weight excluding hydrogens is 282 g/mol. The van der Waals surface area contributed by atoms with E-state index in [0.717, 1.165) is 0 Å². The summed E-state index contributed by atoms with van der Waals surface area (Å²) in [5.74, 6) is 0.357. The van der Waals surface area contributed by atoms with Crippen LogP contribution < -0.4 is 15.4 Å². The Kier molecular flexibility index (Phi) is 6.87. The zero-order chi connectivity index (χ0) is 15.8. The van der Waals surface area contributed by atoms with Crippen LogP contribution in [0.1, 0.15) is 20.3 Å². The Balaban J connectivity index is 2.37. The van der Waals surface area contributed by atoms with Crippen LogP contribution >= 0.6 is 0 Å². The van der Waals surface area contributed by atoms with Gasteiger partial charge in [-0.15, -0.1) is 0 Å². The topological polar surface area (TPSA) is 70.6 Å². The van der Waals surface area contributed by atoms with Gasteiger partial charge in [0.15, 0.2) is 0 Å². The minimum absolute atomic E-state index is 0.0170. The van der Waals surface area contributed by atoms with E-state index in [4.69, 9.17) is 0 Å². The first-order valence-electron chi connectivity index (χ1n) is 6.64. The van der Waals surface area contributed by atoms with E-state index in [1.165, 1.54) is 24.3 Å². The molecule has 7 heteroatoms. The quantitative estimate of drug-likeness (QED) is 0.725. The van der Waals surface area contributed by atoms with Crippen LogP contribution in [-0.2, 0) is 0 Å². The molecule has 0 bridgehead atoms. The highest BCUT2D eigenvalue weighted by Crippen LogP contribution is 2.17. The minimum Gasteiger partial charge on any atom is -0.435 e. The highest BCUT2D eigenvalue weighted by atomic mass is 19.3. The van der Waals surface area contributed by atoms with Gasteiger partial charge >= 0.3 is 12.6 Å². The Labute approximate surface area is 122 Å². The van der Waals surface area contributed by atoms with E-state index in [-0.39, 0.29) is 12.3 Å². The summed E-state index contributed by atoms with van der Waals surface area (Å²) in [5, 5.41) is 14.7. The van der Waals surface area contributed by atoms with Crippen molar-refractivity contribution < 1.29 is 23.4 Å². The van der Waals surface area contributed by atoms with Crippen molar-refractivity contribution in [3.8, 4) is 5.75 Å². The van der Waals surface area contributed by atoms with E-state index < -0.39 is 18.7 Å². The summed E-state index contributed by atoms with van der Waals surface area (Å²) in [5.41, 5.74) is 0.437. The van der Waals surface area contributed by atoms with Gasteiger partial charge in [0.2, 0.25) is 0 Å². The largest absolute Gasteiger partial charge is 0.435 e. The van der Waals surface area contributed by atoms with Crippen molar-refractivity contribution in [2.75, 3.05) is 11.9 Å². The number of anilines is 1. The Bertz CT molecular complexity index is 438. The molecule has 1 aromatic rings. The lowest BCUT2D eigenvalue weighted by Crippen LogP contribution is -2.35. The molecule has 3 N–H and O–H groups in total. The fourth-order valence-corrected chi connectivity index (χ4v) is 1.73. The van der Waals surface area contributed by atoms with Crippen LogP contribution in [0.5, 0.6) is 5.75 Å². The van der Waals surface area contributed by atoms with Crippen molar-refractivity contribution in [2.24, 2.45) is 5.92 Å². The number of urea groups is 1. The van der Waals surface area contributed by atoms with Crippen molar-refractivity contribution >= 4 is 11.7 Å². The van der Waals surface area contributed by atoms with E-state index in [2.05, 4.69) is 15.4 Å². The molecule has 0 heterocycles. The number of benzene rings is 1. The van der Waals surface area contributed by atoms with Gasteiger partial charge in [0.05, 0.1) is 6.10 Å². The number of nitrogens with one attached hydrogen (secondary N) is 2. The number of aliphatic hydroxyl groups excluding tert-OH is 1. The third-order valence-corrected chi connectivity index (χ3v) is 2.58. The Morgan fingerprint density at radius 2 is 1.90 bits per heavy atom. The van der Waals surface area contributed by atoms with Crippen LogP contribution in [0.3, 0.4) is 0 Å². The minimum atomic E-state index is -2.88. The molecule has 0 aliphatic heterocycles. The van der Waals surface area contributed by atoms with Crippen LogP contribution in [0.4, 0.5) is 19.3 Å². The average Bonchev–Trinajstić information content (AvgIpc) is 2.37. The van der Waals surface area contributed by atoms with Gasteiger partial charge in [0.1, 0.15) is 5.75 Å². The van der Waals surface area contributed by atoms with Gasteiger partial charge in [-0.1, -0.05) is 13.8 Å². The van der Waals surface area contributed by atoms with Gasteiger partial charge in [0.25, 0.3) is 0 Å². The molecule has 0 aliphatic rings. The molecule has 5 nitrogen and oxygen atoms in total. The number of halogens is 2. The van der Waals surface area contributed by atoms with Crippen LogP contribution in [0.2, 0.25) is 0 Å². The maximum absolute atomic E-state index is 12.0. The highest BCUT2D eigenvalue weighted by molar-refractivity contribution is 5.89. The number of alkyl halides is 2. The lowest BCUT2D eigenvalue weighted by molar-refractivity contribution is -0.0498. The zero-order valence-corrected chi connectivity index (χ0v) is 12.0. The Morgan fingerprint density at radius 3 is 2.43 bits per heavy atom. The van der Waals surface area contributed by atoms with E-state index >= 15 is 0 Å². The Morgan fingerprint density at radius 1 is 1.29 bits per heavy atom. The second kappa shape index (κ2) is 8.41. The van der Waals surface area contributed by atoms with Crippen molar-refractivity contribution in [3.63, 3.8) is 0 Å². The third kappa shape index (κ3) is 7.45. The van der Waals surface area contributed by atoms with Gasteiger partial charge < -0.3 is 20.5 Å². The van der Waals surface area contributed by atoms with Gasteiger partial charge in [-0.05, 0) is 36.6 Å². The Hall–Kier alpha value is -1.89. The summed E-state index contributed by atoms with van der Waals surface area (Å²) in [4.78, 5) is 11.6. The molecule has 0 aromatic heterocycles. The van der Waals surface area contributed by atoms with E-state index in [1.807, 2.05) is 13.8 Å². The number of amides is 2. The summed E-state index contributed by atoms with van der Waals surface area (Å²) in [6.07, 6.45) is -0.00231. The molecule has 0 saturated heterocycles. The molecular formula is C14H20F2N2O3. The number of rotatable bonds is 7. The summed E-state index contributed by atoms with van der Waals surface area (Å²) in [6.45, 7) is 1.23. The van der Waals surface area contributed by atoms with Crippen molar-refractivity contribution in [2.45, 2.75) is 33.0 Å². The molecule has 118 valence electrons. The number of hydrogen-bond acceptors (Lipinski definition) is 3. The molecule has 0 aliphatic carbocycles. The van der Waals surface area contributed by atoms with Crippen molar-refractivity contribution in [1.29, 1.82) is 0 Å². The number of hydrogen-bond donors (Lipinski definition) is 3. The predicted octanol–water partition coefficient (Wildman–Crippen LogP) is 2.82. The van der Waals surface area contributed by atoms with Crippen LogP contribution in [0.15, 0.2) is 24.3 Å². The van der Waals surface area contributed by atoms with Crippen molar-refractivity contribution in [1.82, 2.24) is 5.32 Å². The van der Waals surface area contributed by atoms with E-state index in [1.54, 1.807) is 0 Å². The lowest BCUT2D eigenvalue weighted by Gasteiger charge is -2.14. The SMILES string of the molecule is CC(C)CC(O)CNC(=O)Nc1ccc(OC(F)F)cc1. The fourth-order valence-electron chi connectivity index (χ4n) is 1.73. The first-order chi connectivity index (χ1) is 9.86. The second-order valence-corrected chi connectivity index (χ2v) is 5.02. The van der Waals surface area contributed by atoms with E-state index in [9.17, 15) is 18.7 Å². The van der Waals surface area contributed by atoms with Gasteiger partial charge in [0, 0.05) is 12.2 Å². The van der Waals surface area contributed by atoms with Gasteiger partial charge in [-0.3, -0.25) is 0 Å². The first kappa shape index (κ1) is 17.2. The molecule has 0 fully saturated rings. The third-order valence-electron chi connectivity index (χ3n) is 2.58. The fraction of sp³-hybridized carbons (Fsp3) is 0.500. The molecule has 0 spiro atoms. The van der Waals surface area contributed by atoms with E-state index in [0.29, 0.717) is 18.0 Å². The molecule has 0 radical (unpaired) electrons. The summed E-state index contributed by atoms with van der Waals surface area (Å²) in [6, 6.07) is 5.08. The van der Waals surface area contributed by atoms with Gasteiger partial charge in [-0.25, -0.2) is 4.79 Å².